The molecule has 0 unspecified atom stereocenters. The van der Waals surface area contributed by atoms with E-state index in [2.05, 4.69) is 64.4 Å². The fraction of sp³-hybridized carbons (Fsp3) is 0.333. The maximum absolute atomic E-state index is 14.1. The van der Waals surface area contributed by atoms with Crippen LogP contribution in [0.2, 0.25) is 15.1 Å². The van der Waals surface area contributed by atoms with Crippen LogP contribution in [0.25, 0.3) is 33.3 Å². The Labute approximate surface area is 380 Å². The van der Waals surface area contributed by atoms with Crippen molar-refractivity contribution in [2.75, 3.05) is 45.8 Å². The van der Waals surface area contributed by atoms with E-state index in [1.165, 1.54) is 12.1 Å². The second-order valence-corrected chi connectivity index (χ2v) is 17.5. The molecule has 2 aliphatic rings. The number of carbonyl (C=O) groups excluding carboxylic acids is 1. The lowest BCUT2D eigenvalue weighted by atomic mass is 9.86. The number of piperazine rings is 1. The fourth-order valence-electron chi connectivity index (χ4n) is 8.66. The fourth-order valence-corrected chi connectivity index (χ4v) is 9.37. The quantitative estimate of drug-likeness (QED) is 0.0885. The molecule has 8 rings (SSSR count). The van der Waals surface area contributed by atoms with Gasteiger partial charge in [0, 0.05) is 114 Å². The highest BCUT2D eigenvalue weighted by atomic mass is 35.5. The van der Waals surface area contributed by atoms with Gasteiger partial charge in [-0.25, -0.2) is 0 Å². The molecular weight excluding hydrogens is 870 g/mol. The molecule has 0 spiro atoms. The molecule has 0 saturated carbocycles. The van der Waals surface area contributed by atoms with Gasteiger partial charge in [0.05, 0.1) is 5.69 Å². The molecule has 3 N–H and O–H groups in total. The van der Waals surface area contributed by atoms with Gasteiger partial charge in [-0.2, -0.15) is 0 Å². The number of ether oxygens (including phenoxy) is 1. The molecule has 2 saturated heterocycles. The van der Waals surface area contributed by atoms with Gasteiger partial charge < -0.3 is 19.9 Å². The smallest absolute Gasteiger partial charge is 0.406 e. The number of amides is 1. The highest BCUT2D eigenvalue weighted by molar-refractivity contribution is 6.36. The summed E-state index contributed by atoms with van der Waals surface area (Å²) in [5.41, 5.74) is 6.72. The Bertz CT molecular complexity index is 2500. The molecule has 4 aromatic carbocycles. The standard InChI is InChI=1S/C48H49Cl3F3N7O2/c49-37-7-1-5-35(28-37)45-36(6-3-18-56-45)29-58-47(16-20-55-21-17-47)46(62)57-19-4-22-61-32-40(34-11-13-38(14-12-34)63-48(52,53)54)39-27-33(10-15-44(39)61)30-59-23-25-60(26-24-59)31-41-42(50)8-2-9-43(41)51/h1-3,5-15,18,27-28,32,55,58H,4,16-17,19-26,29-31H2,(H,57,62). The van der Waals surface area contributed by atoms with Crippen molar-refractivity contribution in [3.05, 3.63) is 141 Å². The number of nitrogens with one attached hydrogen (secondary N) is 3. The second-order valence-electron chi connectivity index (χ2n) is 16.2. The van der Waals surface area contributed by atoms with Crippen molar-refractivity contribution in [1.82, 2.24) is 35.3 Å². The van der Waals surface area contributed by atoms with Crippen LogP contribution in [0.5, 0.6) is 5.75 Å². The van der Waals surface area contributed by atoms with E-state index in [0.29, 0.717) is 73.6 Å². The minimum atomic E-state index is -4.78. The minimum Gasteiger partial charge on any atom is -0.406 e. The molecule has 330 valence electrons. The monoisotopic (exact) mass is 917 g/mol. The van der Waals surface area contributed by atoms with Crippen LogP contribution in [0.1, 0.15) is 36.0 Å². The molecule has 2 fully saturated rings. The number of rotatable bonds is 15. The summed E-state index contributed by atoms with van der Waals surface area (Å²) >= 11 is 19.2. The molecule has 0 bridgehead atoms. The number of carbonyl (C=O) groups is 1. The van der Waals surface area contributed by atoms with Gasteiger partial charge in [-0.1, -0.05) is 77.3 Å². The van der Waals surface area contributed by atoms with Crippen LogP contribution >= 0.6 is 34.8 Å². The Morgan fingerprint density at radius 3 is 2.25 bits per heavy atom. The van der Waals surface area contributed by atoms with Crippen LogP contribution < -0.4 is 20.7 Å². The van der Waals surface area contributed by atoms with E-state index in [0.717, 1.165) is 82.7 Å². The van der Waals surface area contributed by atoms with Gasteiger partial charge in [-0.05, 0) is 104 Å². The Morgan fingerprint density at radius 1 is 0.825 bits per heavy atom. The molecular formula is C48H49Cl3F3N7O2. The summed E-state index contributed by atoms with van der Waals surface area (Å²) in [5.74, 6) is -0.306. The summed E-state index contributed by atoms with van der Waals surface area (Å²) in [6, 6.07) is 29.6. The summed E-state index contributed by atoms with van der Waals surface area (Å²) in [4.78, 5) is 23.5. The van der Waals surface area contributed by atoms with Crippen LogP contribution in [0.15, 0.2) is 109 Å². The van der Waals surface area contributed by atoms with E-state index < -0.39 is 11.9 Å². The summed E-state index contributed by atoms with van der Waals surface area (Å²) in [6.07, 6.45) is 0.971. The molecule has 1 amide bonds. The number of benzene rings is 4. The Morgan fingerprint density at radius 2 is 1.54 bits per heavy atom. The molecule has 0 radical (unpaired) electrons. The highest BCUT2D eigenvalue weighted by Gasteiger charge is 2.39. The van der Waals surface area contributed by atoms with Crippen molar-refractivity contribution in [2.24, 2.45) is 0 Å². The van der Waals surface area contributed by atoms with Gasteiger partial charge in [-0.15, -0.1) is 13.2 Å². The number of pyridine rings is 1. The summed E-state index contributed by atoms with van der Waals surface area (Å²) in [7, 11) is 0. The van der Waals surface area contributed by atoms with E-state index in [4.69, 9.17) is 34.8 Å². The maximum atomic E-state index is 14.1. The lowest BCUT2D eigenvalue weighted by Gasteiger charge is -2.37. The lowest BCUT2D eigenvalue weighted by molar-refractivity contribution is -0.274. The van der Waals surface area contributed by atoms with Gasteiger partial charge in [0.2, 0.25) is 5.91 Å². The molecule has 4 heterocycles. The highest BCUT2D eigenvalue weighted by Crippen LogP contribution is 2.35. The minimum absolute atomic E-state index is 0.0328. The third-order valence-corrected chi connectivity index (χ3v) is 13.0. The van der Waals surface area contributed by atoms with E-state index in [1.54, 1.807) is 18.3 Å². The van der Waals surface area contributed by atoms with Gasteiger partial charge in [0.15, 0.2) is 0 Å². The number of nitrogens with zero attached hydrogens (tertiary/aromatic N) is 4. The summed E-state index contributed by atoms with van der Waals surface area (Å²) in [6.45, 7) is 7.91. The van der Waals surface area contributed by atoms with E-state index >= 15 is 0 Å². The number of hydrogen-bond donors (Lipinski definition) is 3. The van der Waals surface area contributed by atoms with Crippen LogP contribution in [0.4, 0.5) is 13.2 Å². The van der Waals surface area contributed by atoms with Crippen LogP contribution in [-0.2, 0) is 31.0 Å². The largest absolute Gasteiger partial charge is 0.573 e. The second kappa shape index (κ2) is 20.0. The lowest BCUT2D eigenvalue weighted by Crippen LogP contribution is -2.61. The Hall–Kier alpha value is -4.66. The van der Waals surface area contributed by atoms with Gasteiger partial charge >= 0.3 is 6.36 Å². The first-order chi connectivity index (χ1) is 30.4. The average Bonchev–Trinajstić information content (AvgIpc) is 3.64. The van der Waals surface area contributed by atoms with Crippen LogP contribution in [0, 0.1) is 0 Å². The van der Waals surface area contributed by atoms with Crippen molar-refractivity contribution in [3.63, 3.8) is 0 Å². The van der Waals surface area contributed by atoms with Gasteiger partial charge in [0.1, 0.15) is 11.3 Å². The number of aromatic nitrogens is 2. The number of piperidine rings is 1. The number of fused-ring (bicyclic) bond motifs is 1. The number of alkyl halides is 3. The Kier molecular flexibility index (Phi) is 14.3. The van der Waals surface area contributed by atoms with Crippen molar-refractivity contribution in [1.29, 1.82) is 0 Å². The zero-order valence-corrected chi connectivity index (χ0v) is 36.9. The summed E-state index contributed by atoms with van der Waals surface area (Å²) in [5, 5.41) is 13.2. The van der Waals surface area contributed by atoms with Crippen molar-refractivity contribution in [3.8, 4) is 28.1 Å². The topological polar surface area (TPSA) is 86.7 Å². The maximum Gasteiger partial charge on any atom is 0.573 e. The van der Waals surface area contributed by atoms with Crippen molar-refractivity contribution < 1.29 is 22.7 Å². The molecule has 15 heteroatoms. The van der Waals surface area contributed by atoms with E-state index in [-0.39, 0.29) is 11.7 Å². The number of aryl methyl sites for hydroxylation is 1. The zero-order chi connectivity index (χ0) is 44.0. The van der Waals surface area contributed by atoms with Crippen LogP contribution in [-0.4, -0.2) is 83.0 Å². The number of halogens is 6. The molecule has 6 aromatic rings. The molecule has 63 heavy (non-hydrogen) atoms. The first kappa shape index (κ1) is 44.9. The molecule has 0 aliphatic carbocycles. The SMILES string of the molecule is O=C(NCCCn1cc(-c2ccc(OC(F)(F)F)cc2)c2cc(CN3CCN(Cc4c(Cl)cccc4Cl)CC3)ccc21)C1(NCc2cccnc2-c2cccc(Cl)c2)CCNCC1. The predicted octanol–water partition coefficient (Wildman–Crippen LogP) is 9.97. The number of hydrogen-bond acceptors (Lipinski definition) is 7. The first-order valence-electron chi connectivity index (χ1n) is 21.2. The zero-order valence-electron chi connectivity index (χ0n) is 34.7. The van der Waals surface area contributed by atoms with E-state index in [1.807, 2.05) is 54.6 Å². The third-order valence-electron chi connectivity index (χ3n) is 12.0. The van der Waals surface area contributed by atoms with Gasteiger partial charge in [-0.3, -0.25) is 24.9 Å². The molecule has 2 aromatic heterocycles. The average molecular weight is 919 g/mol. The van der Waals surface area contributed by atoms with E-state index in [9.17, 15) is 18.0 Å². The molecule has 0 atom stereocenters. The predicted molar refractivity (Wildman–Crippen MR) is 245 cm³/mol. The normalized spacial score (nSPS) is 16.0. The van der Waals surface area contributed by atoms with Crippen molar-refractivity contribution in [2.45, 2.75) is 57.3 Å². The van der Waals surface area contributed by atoms with Crippen molar-refractivity contribution >= 4 is 51.6 Å². The Balaban J connectivity index is 0.944. The third kappa shape index (κ3) is 11.2. The molecule has 2 aliphatic heterocycles. The summed E-state index contributed by atoms with van der Waals surface area (Å²) < 4.78 is 45.3. The molecule has 9 nitrogen and oxygen atoms in total. The van der Waals surface area contributed by atoms with Gasteiger partial charge in [0.25, 0.3) is 0 Å². The van der Waals surface area contributed by atoms with Crippen LogP contribution in [0.3, 0.4) is 0 Å². The first-order valence-corrected chi connectivity index (χ1v) is 22.4.